The Morgan fingerprint density at radius 3 is 2.21 bits per heavy atom. The predicted octanol–water partition coefficient (Wildman–Crippen LogP) is 1.70. The molecule has 0 aliphatic carbocycles. The van der Waals surface area contributed by atoms with Crippen molar-refractivity contribution in [2.45, 2.75) is 6.04 Å². The lowest BCUT2D eigenvalue weighted by Crippen LogP contribution is -2.23. The molecule has 0 aliphatic heterocycles. The highest BCUT2D eigenvalue weighted by Gasteiger charge is 2.23. The zero-order valence-electron chi connectivity index (χ0n) is 6.80. The van der Waals surface area contributed by atoms with E-state index in [2.05, 4.69) is 0 Å². The number of carboxylic acid groups (broad SMARTS) is 1. The summed E-state index contributed by atoms with van der Waals surface area (Å²) < 4.78 is 26.1. The molecule has 6 heteroatoms. The first-order valence-corrected chi connectivity index (χ1v) is 3.94. The van der Waals surface area contributed by atoms with E-state index >= 15 is 0 Å². The smallest absolute Gasteiger partial charge is 0.325 e. The third-order valence-electron chi connectivity index (χ3n) is 1.62. The zero-order valence-corrected chi connectivity index (χ0v) is 7.55. The Labute approximate surface area is 83.1 Å². The van der Waals surface area contributed by atoms with E-state index in [-0.39, 0.29) is 5.02 Å². The van der Waals surface area contributed by atoms with Gasteiger partial charge in [-0.2, -0.15) is 0 Å². The van der Waals surface area contributed by atoms with Gasteiger partial charge in [0.05, 0.1) is 5.56 Å². The van der Waals surface area contributed by atoms with Gasteiger partial charge in [-0.25, -0.2) is 8.78 Å². The zero-order chi connectivity index (χ0) is 10.9. The molecule has 1 rings (SSSR count). The Morgan fingerprint density at radius 1 is 1.43 bits per heavy atom. The number of rotatable bonds is 2. The number of halogens is 3. The first-order valence-electron chi connectivity index (χ1n) is 3.56. The normalized spacial score (nSPS) is 12.6. The molecule has 0 saturated carbocycles. The van der Waals surface area contributed by atoms with Crippen LogP contribution in [0.2, 0.25) is 5.02 Å². The van der Waals surface area contributed by atoms with E-state index in [1.807, 2.05) is 0 Å². The molecule has 0 saturated heterocycles. The number of carboxylic acids is 1. The molecule has 1 aromatic carbocycles. The van der Waals surface area contributed by atoms with Gasteiger partial charge in [-0.3, -0.25) is 4.79 Å². The van der Waals surface area contributed by atoms with Crippen molar-refractivity contribution in [3.8, 4) is 0 Å². The first-order chi connectivity index (χ1) is 6.43. The average Bonchev–Trinajstić information content (AvgIpc) is 2.01. The van der Waals surface area contributed by atoms with Crippen molar-refractivity contribution in [3.05, 3.63) is 34.4 Å². The molecule has 1 aromatic rings. The van der Waals surface area contributed by atoms with Gasteiger partial charge in [-0.05, 0) is 12.1 Å². The van der Waals surface area contributed by atoms with Crippen LogP contribution in [0.15, 0.2) is 12.1 Å². The van der Waals surface area contributed by atoms with Crippen LogP contribution in [0.3, 0.4) is 0 Å². The molecule has 0 aliphatic rings. The molecule has 0 amide bonds. The lowest BCUT2D eigenvalue weighted by molar-refractivity contribution is -0.138. The van der Waals surface area contributed by atoms with E-state index < -0.39 is 29.2 Å². The topological polar surface area (TPSA) is 63.3 Å². The quantitative estimate of drug-likeness (QED) is 0.799. The van der Waals surface area contributed by atoms with Crippen LogP contribution in [0.4, 0.5) is 8.78 Å². The molecular weight excluding hydrogens is 216 g/mol. The molecule has 0 unspecified atom stereocenters. The molecule has 0 heterocycles. The van der Waals surface area contributed by atoms with E-state index in [4.69, 9.17) is 22.4 Å². The highest BCUT2D eigenvalue weighted by molar-refractivity contribution is 6.30. The van der Waals surface area contributed by atoms with Gasteiger partial charge >= 0.3 is 5.97 Å². The average molecular weight is 222 g/mol. The summed E-state index contributed by atoms with van der Waals surface area (Å²) in [5.41, 5.74) is 4.37. The van der Waals surface area contributed by atoms with E-state index in [9.17, 15) is 13.6 Å². The molecule has 0 aromatic heterocycles. The minimum absolute atomic E-state index is 0.152. The monoisotopic (exact) mass is 221 g/mol. The van der Waals surface area contributed by atoms with Crippen LogP contribution in [0, 0.1) is 11.6 Å². The fraction of sp³-hybridized carbons (Fsp3) is 0.125. The van der Waals surface area contributed by atoms with Gasteiger partial charge in [0, 0.05) is 5.02 Å². The van der Waals surface area contributed by atoms with Crippen molar-refractivity contribution >= 4 is 17.6 Å². The van der Waals surface area contributed by atoms with Crippen molar-refractivity contribution in [1.29, 1.82) is 0 Å². The third kappa shape index (κ3) is 2.00. The van der Waals surface area contributed by atoms with Gasteiger partial charge < -0.3 is 10.8 Å². The predicted molar refractivity (Wildman–Crippen MR) is 45.9 cm³/mol. The largest absolute Gasteiger partial charge is 0.480 e. The lowest BCUT2D eigenvalue weighted by Gasteiger charge is -2.09. The Balaban J connectivity index is 3.27. The summed E-state index contributed by atoms with van der Waals surface area (Å²) in [6.45, 7) is 0. The molecule has 0 spiro atoms. The molecule has 0 bridgehead atoms. The second-order valence-electron chi connectivity index (χ2n) is 2.60. The van der Waals surface area contributed by atoms with Crippen LogP contribution in [-0.4, -0.2) is 11.1 Å². The Hall–Kier alpha value is -1.20. The first kappa shape index (κ1) is 10.9. The third-order valence-corrected chi connectivity index (χ3v) is 1.84. The second kappa shape index (κ2) is 3.89. The maximum Gasteiger partial charge on any atom is 0.325 e. The van der Waals surface area contributed by atoms with E-state index in [1.165, 1.54) is 0 Å². The second-order valence-corrected chi connectivity index (χ2v) is 3.04. The fourth-order valence-corrected chi connectivity index (χ4v) is 1.17. The molecule has 76 valence electrons. The summed E-state index contributed by atoms with van der Waals surface area (Å²) in [5, 5.41) is 8.31. The Bertz CT molecular complexity index is 361. The number of benzene rings is 1. The lowest BCUT2D eigenvalue weighted by atomic mass is 10.1. The van der Waals surface area contributed by atoms with Gasteiger partial charge in [-0.15, -0.1) is 0 Å². The van der Waals surface area contributed by atoms with Crippen LogP contribution in [0.5, 0.6) is 0 Å². The van der Waals surface area contributed by atoms with Crippen molar-refractivity contribution in [2.75, 3.05) is 0 Å². The van der Waals surface area contributed by atoms with Crippen LogP contribution < -0.4 is 5.73 Å². The number of hydrogen-bond acceptors (Lipinski definition) is 2. The molecular formula is C8H6ClF2NO2. The van der Waals surface area contributed by atoms with Gasteiger partial charge in [0.25, 0.3) is 0 Å². The summed E-state index contributed by atoms with van der Waals surface area (Å²) >= 11 is 5.34. The Kier molecular flexibility index (Phi) is 3.03. The van der Waals surface area contributed by atoms with Crippen LogP contribution in [0.1, 0.15) is 11.6 Å². The van der Waals surface area contributed by atoms with Crippen molar-refractivity contribution in [2.24, 2.45) is 5.73 Å². The van der Waals surface area contributed by atoms with Gasteiger partial charge in [0.15, 0.2) is 0 Å². The van der Waals surface area contributed by atoms with Crippen LogP contribution in [0.25, 0.3) is 0 Å². The molecule has 14 heavy (non-hydrogen) atoms. The van der Waals surface area contributed by atoms with E-state index in [0.717, 1.165) is 12.1 Å². The molecule has 0 fully saturated rings. The van der Waals surface area contributed by atoms with E-state index in [1.54, 1.807) is 0 Å². The number of carbonyl (C=O) groups is 1. The maximum absolute atomic E-state index is 13.1. The van der Waals surface area contributed by atoms with Gasteiger partial charge in [-0.1, -0.05) is 11.6 Å². The number of aliphatic carboxylic acids is 1. The minimum atomic E-state index is -1.73. The minimum Gasteiger partial charge on any atom is -0.480 e. The highest BCUT2D eigenvalue weighted by atomic mass is 35.5. The molecule has 0 radical (unpaired) electrons. The summed E-state index contributed by atoms with van der Waals surface area (Å²) in [6, 6.07) is -0.113. The maximum atomic E-state index is 13.1. The summed E-state index contributed by atoms with van der Waals surface area (Å²) in [5.74, 6) is -3.64. The van der Waals surface area contributed by atoms with Crippen LogP contribution in [-0.2, 0) is 4.79 Å². The van der Waals surface area contributed by atoms with Crippen molar-refractivity contribution in [1.82, 2.24) is 0 Å². The summed E-state index contributed by atoms with van der Waals surface area (Å²) in [6.07, 6.45) is 0. The molecule has 1 atom stereocenters. The van der Waals surface area contributed by atoms with E-state index in [0.29, 0.717) is 0 Å². The van der Waals surface area contributed by atoms with Crippen LogP contribution >= 0.6 is 11.6 Å². The molecule has 3 N–H and O–H groups in total. The summed E-state index contributed by atoms with van der Waals surface area (Å²) in [4.78, 5) is 10.4. The van der Waals surface area contributed by atoms with Gasteiger partial charge in [0.1, 0.15) is 17.7 Å². The van der Waals surface area contributed by atoms with Crippen molar-refractivity contribution < 1.29 is 18.7 Å². The SMILES string of the molecule is N[C@H](C(=O)O)c1c(F)cc(Cl)cc1F. The fourth-order valence-electron chi connectivity index (χ4n) is 0.974. The number of nitrogens with two attached hydrogens (primary N) is 1. The molecule has 3 nitrogen and oxygen atoms in total. The van der Waals surface area contributed by atoms with Crippen molar-refractivity contribution in [3.63, 3.8) is 0 Å². The highest BCUT2D eigenvalue weighted by Crippen LogP contribution is 2.23. The summed E-state index contributed by atoms with van der Waals surface area (Å²) in [7, 11) is 0. The number of hydrogen-bond donors (Lipinski definition) is 2. The standard InChI is InChI=1S/C8H6ClF2NO2/c9-3-1-4(10)6(5(11)2-3)7(12)8(13)14/h1-2,7H,12H2,(H,13,14)/t7-/m0/s1. The van der Waals surface area contributed by atoms with Gasteiger partial charge in [0.2, 0.25) is 0 Å². The Morgan fingerprint density at radius 2 is 1.86 bits per heavy atom.